The van der Waals surface area contributed by atoms with Crippen LogP contribution in [-0.2, 0) is 16.1 Å². The van der Waals surface area contributed by atoms with Gasteiger partial charge in [-0.25, -0.2) is 0 Å². The number of hydrogen-bond donors (Lipinski definition) is 2. The number of nitrogens with one attached hydrogen (secondary N) is 2. The highest BCUT2D eigenvalue weighted by Gasteiger charge is 2.35. The van der Waals surface area contributed by atoms with Gasteiger partial charge in [0.2, 0.25) is 11.8 Å². The molecule has 0 radical (unpaired) electrons. The van der Waals surface area contributed by atoms with Crippen LogP contribution in [-0.4, -0.2) is 41.8 Å². The summed E-state index contributed by atoms with van der Waals surface area (Å²) < 4.78 is 16.5. The second-order valence-electron chi connectivity index (χ2n) is 8.62. The van der Waals surface area contributed by atoms with Crippen LogP contribution in [0.2, 0.25) is 0 Å². The fourth-order valence-electron chi connectivity index (χ4n) is 4.44. The normalized spacial score (nSPS) is 14.2. The highest BCUT2D eigenvalue weighted by atomic mass is 16.5. The second-order valence-corrected chi connectivity index (χ2v) is 8.62. The Hall–Kier alpha value is -4.01. The molecule has 3 aromatic rings. The van der Waals surface area contributed by atoms with Crippen molar-refractivity contribution in [1.82, 2.24) is 15.5 Å². The zero-order chi connectivity index (χ0) is 25.3. The van der Waals surface area contributed by atoms with Crippen LogP contribution in [0, 0.1) is 0 Å². The number of para-hydroxylation sites is 1. The topological polar surface area (TPSA) is 114 Å². The molecule has 1 fully saturated rings. The summed E-state index contributed by atoms with van der Waals surface area (Å²) in [5.74, 6) is -0.155. The van der Waals surface area contributed by atoms with Crippen molar-refractivity contribution in [2.45, 2.75) is 51.2 Å². The van der Waals surface area contributed by atoms with E-state index in [4.69, 9.17) is 13.6 Å². The molecule has 1 atom stereocenters. The predicted molar refractivity (Wildman–Crippen MR) is 131 cm³/mol. The number of benzene rings is 1. The van der Waals surface area contributed by atoms with E-state index in [9.17, 15) is 14.4 Å². The third kappa shape index (κ3) is 6.16. The third-order valence-corrected chi connectivity index (χ3v) is 6.15. The zero-order valence-electron chi connectivity index (χ0n) is 20.3. The van der Waals surface area contributed by atoms with Gasteiger partial charge in [0.1, 0.15) is 17.6 Å². The van der Waals surface area contributed by atoms with Crippen LogP contribution in [0.5, 0.6) is 5.75 Å². The molecule has 0 saturated heterocycles. The van der Waals surface area contributed by atoms with E-state index >= 15 is 0 Å². The standard InChI is InChI=1S/C27H31N3O6/c1-2-34-22-13-6-5-12-21(22)25(27(33)29-19-9-3-4-10-19)30(18-20-11-7-15-35-20)24(31)17-28-26(32)23-14-8-16-36-23/h5-8,11-16,19,25H,2-4,9-10,17-18H2,1H3,(H,28,32)(H,29,33)/t25-/m0/s1. The number of hydrogen-bond acceptors (Lipinski definition) is 6. The molecule has 0 bridgehead atoms. The summed E-state index contributed by atoms with van der Waals surface area (Å²) in [5.41, 5.74) is 0.562. The number of carbonyl (C=O) groups excluding carboxylic acids is 3. The van der Waals surface area contributed by atoms with Gasteiger partial charge in [-0.15, -0.1) is 0 Å². The van der Waals surface area contributed by atoms with Crippen molar-refractivity contribution in [3.63, 3.8) is 0 Å². The molecule has 1 aliphatic carbocycles. The van der Waals surface area contributed by atoms with Gasteiger partial charge in [-0.05, 0) is 50.1 Å². The molecule has 1 aliphatic rings. The molecule has 2 aromatic heterocycles. The Morgan fingerprint density at radius 3 is 2.47 bits per heavy atom. The lowest BCUT2D eigenvalue weighted by molar-refractivity contribution is -0.141. The van der Waals surface area contributed by atoms with E-state index in [0.29, 0.717) is 23.7 Å². The van der Waals surface area contributed by atoms with Gasteiger partial charge in [-0.3, -0.25) is 14.4 Å². The molecule has 190 valence electrons. The summed E-state index contributed by atoms with van der Waals surface area (Å²) >= 11 is 0. The first-order valence-electron chi connectivity index (χ1n) is 12.2. The fourth-order valence-corrected chi connectivity index (χ4v) is 4.44. The molecule has 36 heavy (non-hydrogen) atoms. The Kier molecular flexibility index (Phi) is 8.44. The summed E-state index contributed by atoms with van der Waals surface area (Å²) in [6, 6.07) is 12.8. The molecular weight excluding hydrogens is 462 g/mol. The van der Waals surface area contributed by atoms with Gasteiger partial charge in [0.15, 0.2) is 5.76 Å². The molecule has 1 aromatic carbocycles. The zero-order valence-corrected chi connectivity index (χ0v) is 20.3. The molecule has 4 rings (SSSR count). The third-order valence-electron chi connectivity index (χ3n) is 6.15. The van der Waals surface area contributed by atoms with Crippen molar-refractivity contribution in [2.75, 3.05) is 13.2 Å². The summed E-state index contributed by atoms with van der Waals surface area (Å²) in [6.45, 7) is 1.97. The van der Waals surface area contributed by atoms with Crippen molar-refractivity contribution in [3.05, 3.63) is 78.1 Å². The number of nitrogens with zero attached hydrogens (tertiary/aromatic N) is 1. The van der Waals surface area contributed by atoms with Gasteiger partial charge < -0.3 is 29.1 Å². The molecule has 9 nitrogen and oxygen atoms in total. The van der Waals surface area contributed by atoms with Gasteiger partial charge in [0.25, 0.3) is 5.91 Å². The van der Waals surface area contributed by atoms with E-state index in [-0.39, 0.29) is 30.8 Å². The van der Waals surface area contributed by atoms with Crippen molar-refractivity contribution >= 4 is 17.7 Å². The first-order chi connectivity index (χ1) is 17.6. The first kappa shape index (κ1) is 25.1. The van der Waals surface area contributed by atoms with Crippen LogP contribution in [0.25, 0.3) is 0 Å². The molecule has 0 unspecified atom stereocenters. The van der Waals surface area contributed by atoms with Gasteiger partial charge in [0, 0.05) is 11.6 Å². The Morgan fingerprint density at radius 2 is 1.78 bits per heavy atom. The number of carbonyl (C=O) groups is 3. The van der Waals surface area contributed by atoms with Crippen molar-refractivity contribution in [1.29, 1.82) is 0 Å². The largest absolute Gasteiger partial charge is 0.494 e. The van der Waals surface area contributed by atoms with Gasteiger partial charge in [-0.1, -0.05) is 31.0 Å². The molecule has 0 spiro atoms. The van der Waals surface area contributed by atoms with Crippen LogP contribution in [0.1, 0.15) is 60.5 Å². The molecule has 2 heterocycles. The monoisotopic (exact) mass is 493 g/mol. The number of rotatable bonds is 11. The summed E-state index contributed by atoms with van der Waals surface area (Å²) in [7, 11) is 0. The van der Waals surface area contributed by atoms with Crippen molar-refractivity contribution in [2.24, 2.45) is 0 Å². The highest BCUT2D eigenvalue weighted by Crippen LogP contribution is 2.32. The van der Waals surface area contributed by atoms with Crippen LogP contribution < -0.4 is 15.4 Å². The molecule has 3 amide bonds. The smallest absolute Gasteiger partial charge is 0.287 e. The molecular formula is C27H31N3O6. The summed E-state index contributed by atoms with van der Waals surface area (Å²) in [4.78, 5) is 41.2. The van der Waals surface area contributed by atoms with Crippen LogP contribution >= 0.6 is 0 Å². The lowest BCUT2D eigenvalue weighted by Crippen LogP contribution is -2.48. The highest BCUT2D eigenvalue weighted by molar-refractivity contribution is 5.95. The Bertz CT molecular complexity index is 1140. The lowest BCUT2D eigenvalue weighted by atomic mass is 10.0. The minimum atomic E-state index is -0.994. The summed E-state index contributed by atoms with van der Waals surface area (Å²) in [6.07, 6.45) is 6.80. The van der Waals surface area contributed by atoms with E-state index in [1.165, 1.54) is 23.5 Å². The minimum absolute atomic E-state index is 0.0334. The van der Waals surface area contributed by atoms with Gasteiger partial charge >= 0.3 is 0 Å². The van der Waals surface area contributed by atoms with Gasteiger partial charge in [0.05, 0.1) is 32.2 Å². The van der Waals surface area contributed by atoms with Crippen LogP contribution in [0.4, 0.5) is 0 Å². The summed E-state index contributed by atoms with van der Waals surface area (Å²) in [5, 5.41) is 5.71. The molecule has 9 heteroatoms. The Morgan fingerprint density at radius 1 is 1.03 bits per heavy atom. The second kappa shape index (κ2) is 12.1. The lowest BCUT2D eigenvalue weighted by Gasteiger charge is -2.32. The Balaban J connectivity index is 1.66. The first-order valence-corrected chi connectivity index (χ1v) is 12.2. The van der Waals surface area contributed by atoms with E-state index < -0.39 is 17.9 Å². The number of amides is 3. The predicted octanol–water partition coefficient (Wildman–Crippen LogP) is 3.83. The van der Waals surface area contributed by atoms with E-state index in [1.807, 2.05) is 19.1 Å². The number of furan rings is 2. The van der Waals surface area contributed by atoms with E-state index in [2.05, 4.69) is 10.6 Å². The Labute approximate surface area is 209 Å². The van der Waals surface area contributed by atoms with Crippen molar-refractivity contribution in [3.8, 4) is 5.75 Å². The fraction of sp³-hybridized carbons (Fsp3) is 0.370. The maximum absolute atomic E-state index is 13.8. The molecule has 0 aliphatic heterocycles. The van der Waals surface area contributed by atoms with Gasteiger partial charge in [-0.2, -0.15) is 0 Å². The number of ether oxygens (including phenoxy) is 1. The average molecular weight is 494 g/mol. The van der Waals surface area contributed by atoms with Crippen molar-refractivity contribution < 1.29 is 28.0 Å². The minimum Gasteiger partial charge on any atom is -0.494 e. The maximum atomic E-state index is 13.8. The SMILES string of the molecule is CCOc1ccccc1[C@@H](C(=O)NC1CCCC1)N(Cc1ccco1)C(=O)CNC(=O)c1ccco1. The van der Waals surface area contributed by atoms with E-state index in [0.717, 1.165) is 25.7 Å². The van der Waals surface area contributed by atoms with Crippen LogP contribution in [0.15, 0.2) is 69.9 Å². The van der Waals surface area contributed by atoms with Crippen LogP contribution in [0.3, 0.4) is 0 Å². The average Bonchev–Trinajstić information content (AvgIpc) is 3.67. The quantitative estimate of drug-likeness (QED) is 0.420. The maximum Gasteiger partial charge on any atom is 0.287 e. The molecule has 2 N–H and O–H groups in total. The molecule has 1 saturated carbocycles. The van der Waals surface area contributed by atoms with E-state index in [1.54, 1.807) is 30.3 Å².